The molecule has 112 valence electrons. The van der Waals surface area contributed by atoms with E-state index in [4.69, 9.17) is 19.3 Å². The van der Waals surface area contributed by atoms with Crippen molar-refractivity contribution < 1.29 is 24.1 Å². The number of ether oxygens (including phenoxy) is 3. The van der Waals surface area contributed by atoms with E-state index in [2.05, 4.69) is 11.9 Å². The van der Waals surface area contributed by atoms with E-state index in [9.17, 15) is 4.79 Å². The van der Waals surface area contributed by atoms with Crippen molar-refractivity contribution in [2.45, 2.75) is 32.4 Å². The number of carbonyl (C=O) groups is 1. The second-order valence-corrected chi connectivity index (χ2v) is 4.97. The first-order valence-corrected chi connectivity index (χ1v) is 6.25. The molecule has 0 aliphatic carbocycles. The maximum absolute atomic E-state index is 11.6. The second kappa shape index (κ2) is 9.77. The monoisotopic (exact) mass is 275 g/mol. The maximum atomic E-state index is 11.6. The summed E-state index contributed by atoms with van der Waals surface area (Å²) in [5.74, 6) is 0. The smallest absolute Gasteiger partial charge is 0.408 e. The molecule has 0 saturated heterocycles. The average molecular weight is 275 g/mol. The first-order chi connectivity index (χ1) is 8.89. The zero-order valence-corrected chi connectivity index (χ0v) is 12.0. The standard InChI is InChI=1S/C13H25NO5/c1-5-7-17-9-11(10-18-8-6-15)14-12(16)19-13(2,3)4/h5,11,15H,1,6-10H2,2-4H3,(H,14,16). The van der Waals surface area contributed by atoms with Crippen LogP contribution in [0.15, 0.2) is 12.7 Å². The number of amides is 1. The van der Waals surface area contributed by atoms with E-state index < -0.39 is 11.7 Å². The van der Waals surface area contributed by atoms with Crippen molar-refractivity contribution in [3.8, 4) is 0 Å². The van der Waals surface area contributed by atoms with Crippen LogP contribution in [0.2, 0.25) is 0 Å². The highest BCUT2D eigenvalue weighted by Crippen LogP contribution is 2.06. The summed E-state index contributed by atoms with van der Waals surface area (Å²) in [6.07, 6.45) is 1.10. The largest absolute Gasteiger partial charge is 0.444 e. The fourth-order valence-corrected chi connectivity index (χ4v) is 1.19. The predicted molar refractivity (Wildman–Crippen MR) is 72.1 cm³/mol. The van der Waals surface area contributed by atoms with Gasteiger partial charge in [0, 0.05) is 0 Å². The van der Waals surface area contributed by atoms with Gasteiger partial charge >= 0.3 is 6.09 Å². The summed E-state index contributed by atoms with van der Waals surface area (Å²) in [7, 11) is 0. The third-order valence-corrected chi connectivity index (χ3v) is 1.83. The van der Waals surface area contributed by atoms with Gasteiger partial charge in [-0.3, -0.25) is 0 Å². The van der Waals surface area contributed by atoms with Crippen LogP contribution in [-0.4, -0.2) is 55.9 Å². The molecule has 6 heteroatoms. The summed E-state index contributed by atoms with van der Waals surface area (Å²) < 4.78 is 15.6. The van der Waals surface area contributed by atoms with Gasteiger partial charge in [0.25, 0.3) is 0 Å². The van der Waals surface area contributed by atoms with Crippen LogP contribution in [-0.2, 0) is 14.2 Å². The quantitative estimate of drug-likeness (QED) is 0.486. The zero-order chi connectivity index (χ0) is 14.7. The van der Waals surface area contributed by atoms with E-state index >= 15 is 0 Å². The van der Waals surface area contributed by atoms with Gasteiger partial charge in [-0.25, -0.2) is 4.79 Å². The van der Waals surface area contributed by atoms with Crippen LogP contribution in [0.1, 0.15) is 20.8 Å². The Kier molecular flexibility index (Phi) is 9.20. The van der Waals surface area contributed by atoms with Crippen LogP contribution in [0.4, 0.5) is 4.79 Å². The van der Waals surface area contributed by atoms with Crippen molar-refractivity contribution >= 4 is 6.09 Å². The van der Waals surface area contributed by atoms with E-state index in [1.807, 2.05) is 0 Å². The molecule has 1 unspecified atom stereocenters. The Hall–Kier alpha value is -1.11. The third kappa shape index (κ3) is 11.7. The van der Waals surface area contributed by atoms with Crippen molar-refractivity contribution in [1.82, 2.24) is 5.32 Å². The first kappa shape index (κ1) is 17.9. The minimum atomic E-state index is -0.553. The molecule has 0 saturated carbocycles. The molecule has 0 aliphatic rings. The zero-order valence-electron chi connectivity index (χ0n) is 12.0. The topological polar surface area (TPSA) is 77.0 Å². The van der Waals surface area contributed by atoms with Gasteiger partial charge in [0.1, 0.15) is 5.60 Å². The normalized spacial score (nSPS) is 12.8. The Bertz CT molecular complexity index is 262. The molecule has 6 nitrogen and oxygen atoms in total. The maximum Gasteiger partial charge on any atom is 0.408 e. The molecule has 19 heavy (non-hydrogen) atoms. The minimum Gasteiger partial charge on any atom is -0.444 e. The van der Waals surface area contributed by atoms with Gasteiger partial charge in [0.05, 0.1) is 39.1 Å². The molecular weight excluding hydrogens is 250 g/mol. The first-order valence-electron chi connectivity index (χ1n) is 6.25. The molecule has 0 fully saturated rings. The Labute approximate surface area is 114 Å². The Morgan fingerprint density at radius 3 is 2.53 bits per heavy atom. The highest BCUT2D eigenvalue weighted by atomic mass is 16.6. The summed E-state index contributed by atoms with van der Waals surface area (Å²) in [4.78, 5) is 11.6. The van der Waals surface area contributed by atoms with E-state index in [1.54, 1.807) is 26.8 Å². The van der Waals surface area contributed by atoms with Gasteiger partial charge in [-0.1, -0.05) is 6.08 Å². The lowest BCUT2D eigenvalue weighted by Gasteiger charge is -2.23. The Morgan fingerprint density at radius 1 is 1.37 bits per heavy atom. The highest BCUT2D eigenvalue weighted by Gasteiger charge is 2.19. The molecule has 0 aromatic rings. The lowest BCUT2D eigenvalue weighted by molar-refractivity contribution is 0.0266. The Morgan fingerprint density at radius 2 is 2.00 bits per heavy atom. The molecule has 1 atom stereocenters. The second-order valence-electron chi connectivity index (χ2n) is 4.97. The van der Waals surface area contributed by atoms with Gasteiger partial charge in [-0.15, -0.1) is 6.58 Å². The fourth-order valence-electron chi connectivity index (χ4n) is 1.19. The predicted octanol–water partition coefficient (Wildman–Crippen LogP) is 1.09. The molecule has 1 amide bonds. The molecule has 0 aliphatic heterocycles. The van der Waals surface area contributed by atoms with E-state index in [0.717, 1.165) is 0 Å². The lowest BCUT2D eigenvalue weighted by atomic mass is 10.2. The van der Waals surface area contributed by atoms with Gasteiger partial charge in [-0.2, -0.15) is 0 Å². The number of rotatable bonds is 9. The van der Waals surface area contributed by atoms with Crippen molar-refractivity contribution in [3.63, 3.8) is 0 Å². The molecule has 0 rings (SSSR count). The van der Waals surface area contributed by atoms with Crippen LogP contribution in [0.3, 0.4) is 0 Å². The lowest BCUT2D eigenvalue weighted by Crippen LogP contribution is -2.44. The molecule has 0 bridgehead atoms. The van der Waals surface area contributed by atoms with Crippen LogP contribution >= 0.6 is 0 Å². The number of carbonyl (C=O) groups excluding carboxylic acids is 1. The van der Waals surface area contributed by atoms with Crippen molar-refractivity contribution in [2.75, 3.05) is 33.0 Å². The van der Waals surface area contributed by atoms with Crippen LogP contribution in [0, 0.1) is 0 Å². The molecule has 2 N–H and O–H groups in total. The fraction of sp³-hybridized carbons (Fsp3) is 0.769. The van der Waals surface area contributed by atoms with Gasteiger partial charge in [-0.05, 0) is 20.8 Å². The number of aliphatic hydroxyl groups excluding tert-OH is 1. The van der Waals surface area contributed by atoms with Crippen LogP contribution in [0.25, 0.3) is 0 Å². The summed E-state index contributed by atoms with van der Waals surface area (Å²) in [6, 6.07) is -0.332. The summed E-state index contributed by atoms with van der Waals surface area (Å²) in [5, 5.41) is 11.3. The van der Waals surface area contributed by atoms with Crippen molar-refractivity contribution in [1.29, 1.82) is 0 Å². The molecule has 0 aromatic heterocycles. The van der Waals surface area contributed by atoms with E-state index in [1.165, 1.54) is 0 Å². The average Bonchev–Trinajstić information content (AvgIpc) is 2.26. The molecule has 0 spiro atoms. The minimum absolute atomic E-state index is 0.0628. The summed E-state index contributed by atoms with van der Waals surface area (Å²) >= 11 is 0. The van der Waals surface area contributed by atoms with E-state index in [0.29, 0.717) is 6.61 Å². The number of alkyl carbamates (subject to hydrolysis) is 1. The van der Waals surface area contributed by atoms with Gasteiger partial charge in [0.2, 0.25) is 0 Å². The van der Waals surface area contributed by atoms with Gasteiger partial charge < -0.3 is 24.6 Å². The summed E-state index contributed by atoms with van der Waals surface area (Å²) in [6.45, 7) is 9.99. The number of hydrogen-bond acceptors (Lipinski definition) is 5. The van der Waals surface area contributed by atoms with Crippen molar-refractivity contribution in [3.05, 3.63) is 12.7 Å². The molecule has 0 heterocycles. The van der Waals surface area contributed by atoms with Crippen LogP contribution < -0.4 is 5.32 Å². The van der Waals surface area contributed by atoms with Crippen LogP contribution in [0.5, 0.6) is 0 Å². The van der Waals surface area contributed by atoms with E-state index in [-0.39, 0.29) is 32.5 Å². The van der Waals surface area contributed by atoms with Crippen molar-refractivity contribution in [2.24, 2.45) is 0 Å². The molecule has 0 radical (unpaired) electrons. The SMILES string of the molecule is C=CCOCC(COCCO)NC(=O)OC(C)(C)C. The molecular formula is C13H25NO5. The third-order valence-electron chi connectivity index (χ3n) is 1.83. The molecule has 0 aromatic carbocycles. The van der Waals surface area contributed by atoms with Gasteiger partial charge in [0.15, 0.2) is 0 Å². The number of hydrogen-bond donors (Lipinski definition) is 2. The number of nitrogens with one attached hydrogen (secondary N) is 1. The highest BCUT2D eigenvalue weighted by molar-refractivity contribution is 5.68. The number of aliphatic hydroxyl groups is 1. The summed E-state index contributed by atoms with van der Waals surface area (Å²) in [5.41, 5.74) is -0.553. The Balaban J connectivity index is 4.14.